The van der Waals surface area contributed by atoms with Crippen LogP contribution in [0, 0.1) is 42.6 Å². The van der Waals surface area contributed by atoms with Crippen LogP contribution in [-0.4, -0.2) is 218 Å². The number of nitrogens with one attached hydrogen (secondary N) is 5. The van der Waals surface area contributed by atoms with Crippen LogP contribution < -0.4 is 83.6 Å². The number of rotatable bonds is 11. The zero-order valence-corrected chi connectivity index (χ0v) is 72.6. The molecule has 22 rings (SSSR count). The first kappa shape index (κ1) is 87.1. The molecule has 34 nitrogen and oxygen atoms in total. The van der Waals surface area contributed by atoms with Gasteiger partial charge in [0.15, 0.2) is 40.2 Å². The number of pyridine rings is 5. The van der Waals surface area contributed by atoms with E-state index in [0.29, 0.717) is 79.6 Å². The van der Waals surface area contributed by atoms with Gasteiger partial charge < -0.3 is 69.7 Å². The molecular formula is C95H92F3N27O7. The number of aromatic hydroxyl groups is 1. The van der Waals surface area contributed by atoms with E-state index < -0.39 is 23.2 Å². The van der Waals surface area contributed by atoms with Gasteiger partial charge in [0.25, 0.3) is 27.8 Å². The van der Waals surface area contributed by atoms with Crippen LogP contribution in [0.4, 0.5) is 41.6 Å². The van der Waals surface area contributed by atoms with E-state index in [0.717, 1.165) is 193 Å². The molecule has 17 aromatic rings. The number of halogens is 3. The van der Waals surface area contributed by atoms with Crippen molar-refractivity contribution in [3.05, 3.63) is 300 Å². The number of benzene rings is 3. The third kappa shape index (κ3) is 19.2. The molecule has 5 fully saturated rings. The summed E-state index contributed by atoms with van der Waals surface area (Å²) in [4.78, 5) is 115. The summed E-state index contributed by atoms with van der Waals surface area (Å²) < 4.78 is 57.6. The first-order chi connectivity index (χ1) is 64.2. The Bertz CT molecular complexity index is 7560. The van der Waals surface area contributed by atoms with Crippen molar-refractivity contribution in [3.63, 3.8) is 0 Å². The molecule has 0 unspecified atom stereocenters. The number of hydrogen-bond acceptors (Lipinski definition) is 27. The van der Waals surface area contributed by atoms with Crippen LogP contribution in [0.3, 0.4) is 0 Å². The van der Waals surface area contributed by atoms with E-state index in [1.54, 1.807) is 62.1 Å². The first-order valence-electron chi connectivity index (χ1n) is 43.3. The quantitative estimate of drug-likeness (QED) is 0.0715. The van der Waals surface area contributed by atoms with Crippen molar-refractivity contribution in [2.75, 3.05) is 156 Å². The fourth-order valence-corrected chi connectivity index (χ4v) is 16.5. The lowest BCUT2D eigenvalue weighted by molar-refractivity contribution is 0.386. The Kier molecular flexibility index (Phi) is 25.3. The lowest BCUT2D eigenvalue weighted by Crippen LogP contribution is -2.49. The van der Waals surface area contributed by atoms with Crippen LogP contribution in [0.1, 0.15) is 23.9 Å². The monoisotopic (exact) mass is 1780 g/mol. The maximum Gasteiger partial charge on any atom is 0.258 e. The third-order valence-corrected chi connectivity index (χ3v) is 23.4. The second-order valence-electron chi connectivity index (χ2n) is 32.4. The molecule has 6 N–H and O–H groups in total. The molecule has 0 spiro atoms. The number of methoxy groups -OCH3 is 1. The number of phenolic OH excluding ortho intramolecular Hbond substituents is 1. The molecule has 0 saturated carbocycles. The predicted octanol–water partition coefficient (Wildman–Crippen LogP) is 7.95. The highest BCUT2D eigenvalue weighted by atomic mass is 19.1. The molecule has 14 aromatic heterocycles. The summed E-state index contributed by atoms with van der Waals surface area (Å²) in [6, 6.07) is 42.4. The van der Waals surface area contributed by atoms with Crippen LogP contribution in [0.15, 0.2) is 238 Å². The molecule has 1 atom stereocenters. The number of aryl methyl sites for hydroxylation is 2. The summed E-state index contributed by atoms with van der Waals surface area (Å²) in [6.07, 6.45) is 20.1. The number of piperazine rings is 5. The lowest BCUT2D eigenvalue weighted by atomic mass is 10.1. The van der Waals surface area contributed by atoms with Gasteiger partial charge in [0.05, 0.1) is 99.4 Å². The molecule has 19 heterocycles. The van der Waals surface area contributed by atoms with E-state index >= 15 is 0 Å². The minimum absolute atomic E-state index is 0.0866. The van der Waals surface area contributed by atoms with Crippen LogP contribution in [0.2, 0.25) is 0 Å². The van der Waals surface area contributed by atoms with Crippen molar-refractivity contribution >= 4 is 68.0 Å². The SMILES string of the molecule is COc1ccc(-c2cc(=O)n3cc(N4CCNCC4)ccc3n2)cc1F.Cc1cn2cc(-c3cc(=O)n4cc(N5CCNCC5)ccc4n3)nc2cn1.Cc1cn2cc(-c3cc(=O)n4cc(N5CCN[C@@H](C)C5)ccc4n3)nc2cn1.N#Cc1ccc(-c2cc(=O)n3cc(N4CCNCC4)ccc3n2)cc1.O=c1cc(-c2cc(F)c(O)c(F)c2)nc2ccc(N3CCNCC3)cn12. The fraction of sp³-hybridized carbons (Fsp3) is 0.253. The molecule has 0 bridgehead atoms. The number of hydrogen-bond donors (Lipinski definition) is 6. The number of anilines is 5. The molecule has 670 valence electrons. The number of nitrogens with zero attached hydrogens (tertiary/aromatic N) is 22. The van der Waals surface area contributed by atoms with E-state index in [1.807, 2.05) is 139 Å². The van der Waals surface area contributed by atoms with Crippen LogP contribution in [0.25, 0.3) is 96.1 Å². The number of nitriles is 1. The van der Waals surface area contributed by atoms with Crippen molar-refractivity contribution in [2.45, 2.75) is 26.8 Å². The Morgan fingerprint density at radius 1 is 0.364 bits per heavy atom. The van der Waals surface area contributed by atoms with Gasteiger partial charge in [-0.15, -0.1) is 0 Å². The largest absolute Gasteiger partial charge is 0.503 e. The van der Waals surface area contributed by atoms with E-state index in [9.17, 15) is 42.3 Å². The van der Waals surface area contributed by atoms with Crippen molar-refractivity contribution in [1.82, 2.24) is 102 Å². The van der Waals surface area contributed by atoms with E-state index in [4.69, 9.17) is 10.00 Å². The topological polar surface area (TPSA) is 362 Å². The maximum atomic E-state index is 14.0. The summed E-state index contributed by atoms with van der Waals surface area (Å²) in [5.74, 6) is -3.58. The van der Waals surface area contributed by atoms with Gasteiger partial charge in [-0.25, -0.2) is 48.1 Å². The van der Waals surface area contributed by atoms with Crippen LogP contribution >= 0.6 is 0 Å². The average molecular weight is 1780 g/mol. The Labute approximate surface area is 751 Å². The summed E-state index contributed by atoms with van der Waals surface area (Å²) in [6.45, 7) is 23.4. The molecule has 0 amide bonds. The second kappa shape index (κ2) is 38.4. The van der Waals surface area contributed by atoms with Crippen LogP contribution in [-0.2, 0) is 0 Å². The van der Waals surface area contributed by atoms with E-state index in [1.165, 1.54) is 52.3 Å². The number of aromatic nitrogens is 16. The molecule has 3 aromatic carbocycles. The summed E-state index contributed by atoms with van der Waals surface area (Å²) >= 11 is 0. The molecule has 5 aliphatic heterocycles. The molecule has 5 aliphatic rings. The minimum Gasteiger partial charge on any atom is -0.503 e. The molecule has 0 radical (unpaired) electrons. The van der Waals surface area contributed by atoms with Crippen molar-refractivity contribution in [2.24, 2.45) is 0 Å². The van der Waals surface area contributed by atoms with Gasteiger partial charge in [-0.1, -0.05) is 12.1 Å². The number of phenols is 1. The van der Waals surface area contributed by atoms with Gasteiger partial charge >= 0.3 is 0 Å². The highest BCUT2D eigenvalue weighted by molar-refractivity contribution is 5.69. The first-order valence-corrected chi connectivity index (χ1v) is 43.3. The predicted molar refractivity (Wildman–Crippen MR) is 500 cm³/mol. The number of imidazole rings is 2. The molecule has 0 aliphatic carbocycles. The van der Waals surface area contributed by atoms with Gasteiger partial charge in [-0.05, 0) is 124 Å². The Balaban J connectivity index is 0.000000111. The minimum atomic E-state index is -1.10. The van der Waals surface area contributed by atoms with Crippen molar-refractivity contribution < 1.29 is 23.0 Å². The summed E-state index contributed by atoms with van der Waals surface area (Å²) in [5.41, 5.74) is 15.8. The van der Waals surface area contributed by atoms with E-state index in [2.05, 4.69) is 109 Å². The van der Waals surface area contributed by atoms with Crippen LogP contribution in [0.5, 0.6) is 11.5 Å². The normalized spacial score (nSPS) is 15.3. The molecular weight excluding hydrogens is 1690 g/mol. The fourth-order valence-electron chi connectivity index (χ4n) is 16.5. The zero-order valence-electron chi connectivity index (χ0n) is 72.6. The maximum absolute atomic E-state index is 14.0. The summed E-state index contributed by atoms with van der Waals surface area (Å²) in [5, 5.41) is 34.8. The average Bonchev–Trinajstić information content (AvgIpc) is 1.69. The number of ether oxygens (including phenoxy) is 1. The summed E-state index contributed by atoms with van der Waals surface area (Å²) in [7, 11) is 1.41. The van der Waals surface area contributed by atoms with Gasteiger partial charge in [-0.2, -0.15) is 5.26 Å². The highest BCUT2D eigenvalue weighted by Gasteiger charge is 2.23. The Hall–Kier alpha value is -15.6. The highest BCUT2D eigenvalue weighted by Crippen LogP contribution is 2.31. The second-order valence-corrected chi connectivity index (χ2v) is 32.4. The lowest BCUT2D eigenvalue weighted by Gasteiger charge is -2.33. The van der Waals surface area contributed by atoms with Crippen molar-refractivity contribution in [3.8, 4) is 74.1 Å². The van der Waals surface area contributed by atoms with Crippen molar-refractivity contribution in [1.29, 1.82) is 5.26 Å². The molecule has 5 saturated heterocycles. The van der Waals surface area contributed by atoms with Gasteiger partial charge in [0, 0.05) is 233 Å². The standard InChI is InChI=1S/C20H21N7O.C19H19FN4O2.C19H19N7O.C19H17N5O.C18H16F2N4O2/c1-13-9-25(6-5-21-13)15-3-4-18-23-16(7-20(28)27(18)11-15)17-12-26-10-14(2)22-8-19(26)24-17;1-26-17-4-2-13(10-15(17)20)16-11-19(25)24-12-14(3-5-18(24)22-16)23-8-6-21-7-9-23;1-13-10-25-12-16(23-18(25)9-21-13)15-8-19(27)26-11-14(2-3-17(26)22-15)24-6-4-20-5-7-24;20-12-14-1-3-15(4-2-14)17-11-19(25)24-13-16(5-6-18(24)22-17)23-9-7-21-8-10-23;19-13-7-11(8-14(20)18(13)26)15-9-17(25)24-10-12(1-2-16(24)22-15)23-5-3-21-4-6-23/h3-4,7-8,10-13,21H,5-6,9H2,1-2H3;2-5,10-12,21H,6-9H2,1H3;2-3,8-12,20H,4-7H2,1H3;1-6,11,13,21H,7-10H2;1-2,7-10,21,26H,3-6H2/t13-;;;;/m0..../s1. The van der Waals surface area contributed by atoms with E-state index in [-0.39, 0.29) is 44.8 Å². The number of fused-ring (bicyclic) bond motifs is 7. The molecule has 132 heavy (non-hydrogen) atoms. The zero-order chi connectivity index (χ0) is 91.2. The van der Waals surface area contributed by atoms with Gasteiger partial charge in [-0.3, -0.25) is 55.9 Å². The molecule has 37 heteroatoms. The smallest absolute Gasteiger partial charge is 0.258 e. The van der Waals surface area contributed by atoms with Gasteiger partial charge in [0.1, 0.15) is 39.6 Å². The third-order valence-electron chi connectivity index (χ3n) is 23.4. The van der Waals surface area contributed by atoms with Gasteiger partial charge in [0.2, 0.25) is 0 Å². The Morgan fingerprint density at radius 2 is 0.682 bits per heavy atom. The Morgan fingerprint density at radius 3 is 1.04 bits per heavy atom.